The van der Waals surface area contributed by atoms with Gasteiger partial charge in [-0.2, -0.15) is 0 Å². The minimum Gasteiger partial charge on any atom is -0.436 e. The largest absolute Gasteiger partial charge is 0.436 e. The molecule has 0 fully saturated rings. The van der Waals surface area contributed by atoms with Gasteiger partial charge in [-0.1, -0.05) is 43.5 Å². The van der Waals surface area contributed by atoms with E-state index in [2.05, 4.69) is 41.8 Å². The standard InChI is InChI=1S/C16H6Br2ClN3O3/c17-8-1-2-13-11(5-8)20-16(25-13)10-4-7-3-9(18)6-12(22(23)24)14(7)21-15(10)19/h1-6H. The summed E-state index contributed by atoms with van der Waals surface area (Å²) in [5.74, 6) is 0.301. The molecule has 0 aliphatic rings. The average Bonchev–Trinajstić information content (AvgIpc) is 2.96. The topological polar surface area (TPSA) is 82.1 Å². The molecule has 124 valence electrons. The van der Waals surface area contributed by atoms with E-state index in [4.69, 9.17) is 16.0 Å². The van der Waals surface area contributed by atoms with Crippen molar-refractivity contribution in [2.45, 2.75) is 0 Å². The molecule has 0 radical (unpaired) electrons. The van der Waals surface area contributed by atoms with Gasteiger partial charge in [0.15, 0.2) is 5.58 Å². The molecular weight excluding hydrogens is 477 g/mol. The van der Waals surface area contributed by atoms with Gasteiger partial charge in [-0.05, 0) is 30.3 Å². The number of pyridine rings is 1. The molecule has 6 nitrogen and oxygen atoms in total. The maximum absolute atomic E-state index is 11.2. The molecule has 25 heavy (non-hydrogen) atoms. The van der Waals surface area contributed by atoms with Crippen LogP contribution in [-0.4, -0.2) is 14.9 Å². The molecule has 4 rings (SSSR count). The maximum Gasteiger partial charge on any atom is 0.296 e. The van der Waals surface area contributed by atoms with E-state index in [-0.39, 0.29) is 16.4 Å². The highest BCUT2D eigenvalue weighted by Gasteiger charge is 2.20. The van der Waals surface area contributed by atoms with E-state index in [0.29, 0.717) is 32.4 Å². The second-order valence-electron chi connectivity index (χ2n) is 5.21. The number of oxazole rings is 1. The number of non-ortho nitro benzene ring substituents is 1. The molecule has 0 N–H and O–H groups in total. The van der Waals surface area contributed by atoms with Gasteiger partial charge in [0.2, 0.25) is 5.89 Å². The third kappa shape index (κ3) is 2.90. The van der Waals surface area contributed by atoms with Gasteiger partial charge in [0, 0.05) is 20.4 Å². The number of nitro groups is 1. The van der Waals surface area contributed by atoms with Gasteiger partial charge >= 0.3 is 0 Å². The van der Waals surface area contributed by atoms with Crippen LogP contribution in [0.2, 0.25) is 5.15 Å². The van der Waals surface area contributed by atoms with E-state index in [1.54, 1.807) is 18.2 Å². The van der Waals surface area contributed by atoms with Crippen LogP contribution < -0.4 is 0 Å². The number of halogens is 3. The maximum atomic E-state index is 11.2. The van der Waals surface area contributed by atoms with Crippen molar-refractivity contribution in [3.8, 4) is 11.5 Å². The molecule has 0 aliphatic carbocycles. The zero-order valence-corrected chi connectivity index (χ0v) is 16.1. The normalized spacial score (nSPS) is 11.3. The van der Waals surface area contributed by atoms with Crippen molar-refractivity contribution in [2.75, 3.05) is 0 Å². The van der Waals surface area contributed by atoms with Crippen molar-refractivity contribution in [2.24, 2.45) is 0 Å². The molecule has 4 aromatic rings. The Labute approximate surface area is 162 Å². The lowest BCUT2D eigenvalue weighted by Gasteiger charge is -2.04. The van der Waals surface area contributed by atoms with E-state index < -0.39 is 4.92 Å². The molecule has 0 spiro atoms. The lowest BCUT2D eigenvalue weighted by atomic mass is 10.1. The summed E-state index contributed by atoms with van der Waals surface area (Å²) >= 11 is 12.9. The van der Waals surface area contributed by atoms with Crippen LogP contribution in [0.15, 0.2) is 49.8 Å². The Kier molecular flexibility index (Phi) is 3.98. The third-order valence-electron chi connectivity index (χ3n) is 3.59. The van der Waals surface area contributed by atoms with Crippen LogP contribution in [-0.2, 0) is 0 Å². The predicted molar refractivity (Wildman–Crippen MR) is 102 cm³/mol. The molecule has 2 heterocycles. The summed E-state index contributed by atoms with van der Waals surface area (Å²) in [4.78, 5) is 19.4. The van der Waals surface area contributed by atoms with Gasteiger partial charge in [0.25, 0.3) is 5.69 Å². The van der Waals surface area contributed by atoms with E-state index in [1.807, 2.05) is 12.1 Å². The van der Waals surface area contributed by atoms with Crippen molar-refractivity contribution < 1.29 is 9.34 Å². The van der Waals surface area contributed by atoms with Crippen molar-refractivity contribution in [3.05, 3.63) is 60.6 Å². The highest BCUT2D eigenvalue weighted by molar-refractivity contribution is 9.10. The van der Waals surface area contributed by atoms with Crippen molar-refractivity contribution >= 4 is 71.2 Å². The van der Waals surface area contributed by atoms with Crippen LogP contribution in [0.5, 0.6) is 0 Å². The number of hydrogen-bond donors (Lipinski definition) is 0. The number of fused-ring (bicyclic) bond motifs is 2. The zero-order valence-electron chi connectivity index (χ0n) is 12.2. The number of hydrogen-bond acceptors (Lipinski definition) is 5. The quantitative estimate of drug-likeness (QED) is 0.195. The SMILES string of the molecule is O=[N+]([O-])c1cc(Br)cc2cc(-c3nc4cc(Br)ccc4o3)c(Cl)nc12. The second-order valence-corrected chi connectivity index (χ2v) is 7.40. The Balaban J connectivity index is 1.98. The summed E-state index contributed by atoms with van der Waals surface area (Å²) in [7, 11) is 0. The summed E-state index contributed by atoms with van der Waals surface area (Å²) in [6.45, 7) is 0. The van der Waals surface area contributed by atoms with Gasteiger partial charge in [-0.15, -0.1) is 0 Å². The predicted octanol–water partition coefficient (Wildman–Crippen LogP) is 6.13. The van der Waals surface area contributed by atoms with E-state index in [9.17, 15) is 10.1 Å². The average molecular weight is 484 g/mol. The Hall–Kier alpha value is -2.03. The first-order chi connectivity index (χ1) is 11.9. The fraction of sp³-hybridized carbons (Fsp3) is 0. The Morgan fingerprint density at radius 2 is 1.88 bits per heavy atom. The molecular formula is C16H6Br2ClN3O3. The van der Waals surface area contributed by atoms with Gasteiger partial charge < -0.3 is 4.42 Å². The summed E-state index contributed by atoms with van der Waals surface area (Å²) in [6.07, 6.45) is 0. The van der Waals surface area contributed by atoms with Crippen LogP contribution in [0, 0.1) is 10.1 Å². The number of rotatable bonds is 2. The minimum atomic E-state index is -0.493. The summed E-state index contributed by atoms with van der Waals surface area (Å²) in [6, 6.07) is 10.3. The first kappa shape index (κ1) is 16.4. The van der Waals surface area contributed by atoms with Crippen LogP contribution in [0.3, 0.4) is 0 Å². The van der Waals surface area contributed by atoms with Crippen LogP contribution in [0.4, 0.5) is 5.69 Å². The van der Waals surface area contributed by atoms with Gasteiger partial charge in [0.1, 0.15) is 16.2 Å². The van der Waals surface area contributed by atoms with Crippen LogP contribution >= 0.6 is 43.5 Å². The number of nitrogens with zero attached hydrogens (tertiary/aromatic N) is 3. The van der Waals surface area contributed by atoms with Gasteiger partial charge in [-0.25, -0.2) is 9.97 Å². The van der Waals surface area contributed by atoms with E-state index >= 15 is 0 Å². The molecule has 0 amide bonds. The lowest BCUT2D eigenvalue weighted by molar-refractivity contribution is -0.383. The third-order valence-corrected chi connectivity index (χ3v) is 4.83. The summed E-state index contributed by atoms with van der Waals surface area (Å²) in [5, 5.41) is 11.9. The second kappa shape index (κ2) is 6.05. The highest BCUT2D eigenvalue weighted by Crippen LogP contribution is 2.36. The van der Waals surface area contributed by atoms with Crippen molar-refractivity contribution in [1.29, 1.82) is 0 Å². The molecule has 0 unspecified atom stereocenters. The van der Waals surface area contributed by atoms with Crippen molar-refractivity contribution in [1.82, 2.24) is 9.97 Å². The minimum absolute atomic E-state index is 0.0866. The first-order valence-corrected chi connectivity index (χ1v) is 8.89. The monoisotopic (exact) mass is 481 g/mol. The molecule has 9 heteroatoms. The Morgan fingerprint density at radius 3 is 2.64 bits per heavy atom. The summed E-state index contributed by atoms with van der Waals surface area (Å²) in [5.41, 5.74) is 1.82. The Morgan fingerprint density at radius 1 is 1.08 bits per heavy atom. The summed E-state index contributed by atoms with van der Waals surface area (Å²) < 4.78 is 7.19. The molecule has 0 aliphatic heterocycles. The molecule has 2 aromatic carbocycles. The molecule has 0 saturated heterocycles. The lowest BCUT2D eigenvalue weighted by Crippen LogP contribution is -1.94. The Bertz CT molecular complexity index is 1180. The smallest absolute Gasteiger partial charge is 0.296 e. The molecule has 0 saturated carbocycles. The van der Waals surface area contributed by atoms with Gasteiger partial charge in [-0.3, -0.25) is 10.1 Å². The fourth-order valence-corrected chi connectivity index (χ4v) is 3.55. The van der Waals surface area contributed by atoms with Crippen LogP contribution in [0.25, 0.3) is 33.5 Å². The molecule has 2 aromatic heterocycles. The first-order valence-electron chi connectivity index (χ1n) is 6.93. The zero-order chi connectivity index (χ0) is 17.7. The van der Waals surface area contributed by atoms with Gasteiger partial charge in [0.05, 0.1) is 10.5 Å². The number of nitro benzene ring substituents is 1. The van der Waals surface area contributed by atoms with E-state index in [1.165, 1.54) is 6.07 Å². The van der Waals surface area contributed by atoms with E-state index in [0.717, 1.165) is 4.47 Å². The number of aromatic nitrogens is 2. The number of benzene rings is 2. The highest BCUT2D eigenvalue weighted by atomic mass is 79.9. The van der Waals surface area contributed by atoms with Crippen molar-refractivity contribution in [3.63, 3.8) is 0 Å². The molecule has 0 atom stereocenters. The fourth-order valence-electron chi connectivity index (χ4n) is 2.52. The molecule has 0 bridgehead atoms. The van der Waals surface area contributed by atoms with Crippen LogP contribution in [0.1, 0.15) is 0 Å².